The van der Waals surface area contributed by atoms with Crippen molar-refractivity contribution in [1.29, 1.82) is 0 Å². The van der Waals surface area contributed by atoms with Gasteiger partial charge in [0.15, 0.2) is 0 Å². The molecule has 0 unspecified atom stereocenters. The maximum atomic E-state index is 10.0. The molecule has 0 fully saturated rings. The van der Waals surface area contributed by atoms with Crippen LogP contribution in [0.3, 0.4) is 0 Å². The van der Waals surface area contributed by atoms with E-state index in [-0.39, 0.29) is 29.6 Å². The molecule has 0 radical (unpaired) electrons. The average molecular weight is 239 g/mol. The second-order valence-electron chi connectivity index (χ2n) is 1.57. The van der Waals surface area contributed by atoms with E-state index >= 15 is 0 Å². The van der Waals surface area contributed by atoms with Gasteiger partial charge in [0, 0.05) is 0 Å². The maximum absolute atomic E-state index is 10.0. The second kappa shape index (κ2) is 7.56. The van der Waals surface area contributed by atoms with Crippen molar-refractivity contribution >= 4 is 20.2 Å². The summed E-state index contributed by atoms with van der Waals surface area (Å²) in [5, 5.41) is 0. The fourth-order valence-corrected chi connectivity index (χ4v) is 2.02. The summed E-state index contributed by atoms with van der Waals surface area (Å²) in [6.07, 6.45) is 1.32. The van der Waals surface area contributed by atoms with Crippen molar-refractivity contribution < 1.29 is 50.0 Å². The van der Waals surface area contributed by atoms with Crippen molar-refractivity contribution in [3.8, 4) is 0 Å². The third kappa shape index (κ3) is 33.1. The van der Waals surface area contributed by atoms with Gasteiger partial charge in [0.1, 0.15) is 0 Å². The van der Waals surface area contributed by atoms with Crippen LogP contribution in [0.2, 0.25) is 0 Å². The monoisotopic (exact) mass is 239 g/mol. The van der Waals surface area contributed by atoms with E-state index in [4.69, 9.17) is 11.1 Å². The summed E-state index contributed by atoms with van der Waals surface area (Å²) in [4.78, 5) is 1.50. The summed E-state index contributed by atoms with van der Waals surface area (Å²) in [7, 11) is -7.74. The molecule has 0 aliphatic carbocycles. The molecule has 0 amide bonds. The van der Waals surface area contributed by atoms with E-state index < -0.39 is 20.2 Å². The van der Waals surface area contributed by atoms with Crippen LogP contribution in [0.15, 0.2) is 0 Å². The van der Waals surface area contributed by atoms with E-state index in [1.807, 2.05) is 0 Å². The molecule has 0 aliphatic heterocycles. The van der Waals surface area contributed by atoms with Crippen LogP contribution in [-0.4, -0.2) is 29.3 Å². The van der Waals surface area contributed by atoms with Gasteiger partial charge >= 0.3 is 29.6 Å². The average Bonchev–Trinajstić information content (AvgIpc) is 1.53. The van der Waals surface area contributed by atoms with Gasteiger partial charge in [-0.2, -0.15) is 16.8 Å². The van der Waals surface area contributed by atoms with Crippen molar-refractivity contribution in [2.75, 3.05) is 12.5 Å². The van der Waals surface area contributed by atoms with Crippen LogP contribution >= 0.6 is 0 Å². The fraction of sp³-hybridized carbons (Fsp3) is 1.00. The molecule has 0 aromatic carbocycles. The minimum Gasteiger partial charge on any atom is -0.373 e. The van der Waals surface area contributed by atoms with Gasteiger partial charge < -0.3 is 11.1 Å². The number of hydrogen-bond donors (Lipinski definition) is 0. The molecule has 0 spiro atoms. The first kappa shape index (κ1) is 18.9. The van der Waals surface area contributed by atoms with Gasteiger partial charge in [-0.15, -0.1) is 3.63 Å². The van der Waals surface area contributed by atoms with Crippen LogP contribution in [0.1, 0.15) is 0 Å². The van der Waals surface area contributed by atoms with E-state index in [1.165, 1.54) is 4.91 Å². The fourth-order valence-electron chi connectivity index (χ4n) is 0.225. The van der Waals surface area contributed by atoms with Gasteiger partial charge in [-0.1, -0.05) is 0 Å². The first-order valence-electron chi connectivity index (χ1n) is 2.22. The molecule has 0 saturated heterocycles. The SMILES string of the molecule is CS(=O)(=O)OS(C)(=O)=O.[N-]=[N+]=[N-].[Na+]. The molecule has 0 rings (SSSR count). The van der Waals surface area contributed by atoms with E-state index in [0.717, 1.165) is 0 Å². The van der Waals surface area contributed by atoms with E-state index in [2.05, 4.69) is 3.63 Å². The van der Waals surface area contributed by atoms with Gasteiger partial charge in [-0.05, 0) is 0 Å². The Morgan fingerprint density at radius 1 is 1.00 bits per heavy atom. The summed E-state index contributed by atoms with van der Waals surface area (Å²) in [5.74, 6) is 0. The van der Waals surface area contributed by atoms with Crippen LogP contribution in [0, 0.1) is 0 Å². The van der Waals surface area contributed by atoms with Crippen LogP contribution < -0.4 is 29.6 Å². The van der Waals surface area contributed by atoms with E-state index in [1.54, 1.807) is 0 Å². The molecule has 11 heteroatoms. The summed E-state index contributed by atoms with van der Waals surface area (Å²) in [5.41, 5.74) is 13.5. The minimum absolute atomic E-state index is 0. The maximum Gasteiger partial charge on any atom is 1.00 e. The van der Waals surface area contributed by atoms with Crippen molar-refractivity contribution in [2.24, 2.45) is 0 Å². The Hall–Kier alpha value is 0.170. The predicted octanol–water partition coefficient (Wildman–Crippen LogP) is -3.21. The van der Waals surface area contributed by atoms with Crippen LogP contribution in [0.5, 0.6) is 0 Å². The molecule has 0 bridgehead atoms. The van der Waals surface area contributed by atoms with Crippen molar-refractivity contribution in [2.45, 2.75) is 0 Å². The molecule has 0 saturated carbocycles. The summed E-state index contributed by atoms with van der Waals surface area (Å²) < 4.78 is 43.8. The zero-order chi connectivity index (χ0) is 10.4. The quantitative estimate of drug-likeness (QED) is 0.216. The number of rotatable bonds is 2. The third-order valence-electron chi connectivity index (χ3n) is 0.247. The van der Waals surface area contributed by atoms with Crippen molar-refractivity contribution in [3.63, 3.8) is 0 Å². The Labute approximate surface area is 98.2 Å². The van der Waals surface area contributed by atoms with Crippen LogP contribution in [0.4, 0.5) is 0 Å². The Balaban J connectivity index is -0.000000220. The Bertz CT molecular complexity index is 321. The van der Waals surface area contributed by atoms with Crippen molar-refractivity contribution in [3.05, 3.63) is 16.0 Å². The Morgan fingerprint density at radius 3 is 1.15 bits per heavy atom. The summed E-state index contributed by atoms with van der Waals surface area (Å²) in [6.45, 7) is 0. The Kier molecular flexibility index (Phi) is 11.0. The number of nitrogens with zero attached hydrogens (tertiary/aromatic N) is 3. The first-order valence-corrected chi connectivity index (χ1v) is 5.85. The summed E-state index contributed by atoms with van der Waals surface area (Å²) >= 11 is 0. The minimum atomic E-state index is -3.87. The standard InChI is InChI=1S/C2H6O5S2.N3.Na/c1-8(3,4)7-9(2,5)6;1-3-2;/h1-2H3;;/q;-1;+1. The molecular formula is C2H6N3NaO5S2. The zero-order valence-electron chi connectivity index (χ0n) is 7.20. The molecule has 0 heterocycles. The third-order valence-corrected chi connectivity index (χ3v) is 2.22. The summed E-state index contributed by atoms with van der Waals surface area (Å²) in [6, 6.07) is 0. The largest absolute Gasteiger partial charge is 1.00 e. The number of hydrogen-bond acceptors (Lipinski definition) is 5. The van der Waals surface area contributed by atoms with Gasteiger partial charge in [0.05, 0.1) is 12.5 Å². The van der Waals surface area contributed by atoms with E-state index in [9.17, 15) is 16.8 Å². The van der Waals surface area contributed by atoms with Crippen LogP contribution in [0.25, 0.3) is 16.0 Å². The predicted molar refractivity (Wildman–Crippen MR) is 40.8 cm³/mol. The molecule has 8 nitrogen and oxygen atoms in total. The van der Waals surface area contributed by atoms with Gasteiger partial charge in [0.2, 0.25) is 0 Å². The second-order valence-corrected chi connectivity index (χ2v) is 4.93. The van der Waals surface area contributed by atoms with Gasteiger partial charge in [0.25, 0.3) is 20.2 Å². The van der Waals surface area contributed by atoms with Gasteiger partial charge in [-0.25, -0.2) is 0 Å². The molecule has 0 atom stereocenters. The molecule has 72 valence electrons. The normalized spacial score (nSPS) is 10.0. The smallest absolute Gasteiger partial charge is 0.373 e. The molecule has 0 aromatic rings. The topological polar surface area (TPSA) is 136 Å². The van der Waals surface area contributed by atoms with Crippen LogP contribution in [-0.2, 0) is 23.9 Å². The zero-order valence-corrected chi connectivity index (χ0v) is 10.8. The van der Waals surface area contributed by atoms with Gasteiger partial charge in [-0.3, -0.25) is 4.91 Å². The first-order chi connectivity index (χ1) is 5.12. The van der Waals surface area contributed by atoms with Crippen molar-refractivity contribution in [1.82, 2.24) is 0 Å². The Morgan fingerprint density at radius 2 is 1.15 bits per heavy atom. The molecular weight excluding hydrogens is 233 g/mol. The molecule has 0 aromatic heterocycles. The molecule has 0 aliphatic rings. The van der Waals surface area contributed by atoms with E-state index in [0.29, 0.717) is 12.5 Å². The molecule has 0 N–H and O–H groups in total. The molecule has 13 heavy (non-hydrogen) atoms.